The Morgan fingerprint density at radius 3 is 2.61 bits per heavy atom. The lowest BCUT2D eigenvalue weighted by atomic mass is 9.98. The van der Waals surface area contributed by atoms with Gasteiger partial charge in [0.15, 0.2) is 16.8 Å². The zero-order chi connectivity index (χ0) is 20.1. The maximum atomic E-state index is 12.9. The summed E-state index contributed by atoms with van der Waals surface area (Å²) in [5, 5.41) is 9.29. The van der Waals surface area contributed by atoms with Gasteiger partial charge in [0.2, 0.25) is 0 Å². The minimum absolute atomic E-state index is 0.124. The zero-order valence-corrected chi connectivity index (χ0v) is 17.5. The molecule has 146 valence electrons. The van der Waals surface area contributed by atoms with Crippen molar-refractivity contribution >= 4 is 17.5 Å². The molecule has 0 aliphatic heterocycles. The summed E-state index contributed by atoms with van der Waals surface area (Å²) in [6, 6.07) is 13.9. The number of ketones is 1. The van der Waals surface area contributed by atoms with Crippen LogP contribution in [-0.2, 0) is 19.9 Å². The molecule has 0 fully saturated rings. The van der Waals surface area contributed by atoms with Gasteiger partial charge < -0.3 is 9.30 Å². The topological polar surface area (TPSA) is 57.0 Å². The molecule has 0 aliphatic carbocycles. The van der Waals surface area contributed by atoms with E-state index in [2.05, 4.69) is 36.2 Å². The van der Waals surface area contributed by atoms with Crippen LogP contribution in [0, 0.1) is 0 Å². The summed E-state index contributed by atoms with van der Waals surface area (Å²) in [5.41, 5.74) is 3.97. The summed E-state index contributed by atoms with van der Waals surface area (Å²) in [4.78, 5) is 12.9. The Balaban J connectivity index is 1.79. The van der Waals surface area contributed by atoms with Crippen molar-refractivity contribution in [2.75, 3.05) is 12.9 Å². The van der Waals surface area contributed by atoms with Crippen molar-refractivity contribution in [2.24, 2.45) is 7.05 Å². The molecule has 0 amide bonds. The number of ether oxygens (including phenoxy) is 1. The van der Waals surface area contributed by atoms with Gasteiger partial charge in [0.25, 0.3) is 0 Å². The van der Waals surface area contributed by atoms with Crippen LogP contribution >= 0.6 is 11.8 Å². The first-order valence-corrected chi connectivity index (χ1v) is 10.4. The highest BCUT2D eigenvalue weighted by Gasteiger charge is 2.17. The first kappa shape index (κ1) is 20.1. The van der Waals surface area contributed by atoms with E-state index < -0.39 is 0 Å². The van der Waals surface area contributed by atoms with Crippen LogP contribution in [0.5, 0.6) is 5.75 Å². The van der Waals surface area contributed by atoms with Crippen molar-refractivity contribution in [3.8, 4) is 17.1 Å². The molecule has 6 heteroatoms. The molecule has 0 radical (unpaired) electrons. The van der Waals surface area contributed by atoms with Crippen molar-refractivity contribution in [1.29, 1.82) is 0 Å². The number of Topliss-reactive ketones (excluding diaryl/α,β-unsaturated/α-hetero) is 1. The Labute approximate surface area is 170 Å². The van der Waals surface area contributed by atoms with Crippen molar-refractivity contribution in [3.05, 3.63) is 59.2 Å². The van der Waals surface area contributed by atoms with Gasteiger partial charge >= 0.3 is 0 Å². The van der Waals surface area contributed by atoms with Gasteiger partial charge in [0.1, 0.15) is 5.75 Å². The molecular weight excluding hydrogens is 370 g/mol. The number of para-hydroxylation sites is 1. The van der Waals surface area contributed by atoms with E-state index in [-0.39, 0.29) is 5.78 Å². The molecule has 0 bridgehead atoms. The number of nitrogens with zero attached hydrogens (tertiary/aromatic N) is 3. The SMILES string of the molecule is CCc1ccc(CC)c(C(=O)CSc2nnc(-c3ccccc3OC)n2C)c1. The Bertz CT molecular complexity index is 982. The second-order valence-corrected chi connectivity index (χ2v) is 7.42. The number of benzene rings is 2. The van der Waals surface area contributed by atoms with Gasteiger partial charge in [-0.2, -0.15) is 0 Å². The molecule has 0 saturated heterocycles. The highest BCUT2D eigenvalue weighted by molar-refractivity contribution is 7.99. The Morgan fingerprint density at radius 2 is 1.89 bits per heavy atom. The summed E-state index contributed by atoms with van der Waals surface area (Å²) < 4.78 is 7.33. The Hall–Kier alpha value is -2.60. The van der Waals surface area contributed by atoms with Gasteiger partial charge in [0, 0.05) is 12.6 Å². The maximum absolute atomic E-state index is 12.9. The summed E-state index contributed by atoms with van der Waals surface area (Å²) in [7, 11) is 3.54. The van der Waals surface area contributed by atoms with Gasteiger partial charge in [-0.3, -0.25) is 4.79 Å². The standard InChI is InChI=1S/C22H25N3O2S/c1-5-15-11-12-16(6-2)18(13-15)19(26)14-28-22-24-23-21(25(22)3)17-9-7-8-10-20(17)27-4/h7-13H,5-6,14H2,1-4H3. The molecular formula is C22H25N3O2S. The van der Waals surface area contributed by atoms with E-state index in [4.69, 9.17) is 4.74 Å². The highest BCUT2D eigenvalue weighted by atomic mass is 32.2. The lowest BCUT2D eigenvalue weighted by Crippen LogP contribution is -2.08. The smallest absolute Gasteiger partial charge is 0.191 e. The molecule has 3 aromatic rings. The Kier molecular flexibility index (Phi) is 6.52. The van der Waals surface area contributed by atoms with E-state index in [1.54, 1.807) is 7.11 Å². The van der Waals surface area contributed by atoms with Crippen LogP contribution in [0.3, 0.4) is 0 Å². The van der Waals surface area contributed by atoms with E-state index in [0.717, 1.165) is 41.1 Å². The third kappa shape index (κ3) is 4.12. The van der Waals surface area contributed by atoms with Crippen LogP contribution in [0.4, 0.5) is 0 Å². The second kappa shape index (κ2) is 9.06. The van der Waals surface area contributed by atoms with Gasteiger partial charge in [0.05, 0.1) is 18.4 Å². The minimum atomic E-state index is 0.124. The van der Waals surface area contributed by atoms with Crippen LogP contribution in [0.2, 0.25) is 0 Å². The zero-order valence-electron chi connectivity index (χ0n) is 16.7. The molecule has 1 heterocycles. The van der Waals surface area contributed by atoms with E-state index in [9.17, 15) is 4.79 Å². The predicted molar refractivity (Wildman–Crippen MR) is 113 cm³/mol. The average molecular weight is 396 g/mol. The number of carbonyl (C=O) groups excluding carboxylic acids is 1. The number of carbonyl (C=O) groups is 1. The minimum Gasteiger partial charge on any atom is -0.496 e. The summed E-state index contributed by atoms with van der Waals surface area (Å²) in [5.74, 6) is 1.92. The van der Waals surface area contributed by atoms with E-state index in [1.165, 1.54) is 17.3 Å². The largest absolute Gasteiger partial charge is 0.496 e. The van der Waals surface area contributed by atoms with Crippen LogP contribution in [0.15, 0.2) is 47.6 Å². The predicted octanol–water partition coefficient (Wildman–Crippen LogP) is 4.59. The Morgan fingerprint density at radius 1 is 1.11 bits per heavy atom. The quantitative estimate of drug-likeness (QED) is 0.412. The molecule has 28 heavy (non-hydrogen) atoms. The fourth-order valence-electron chi connectivity index (χ4n) is 3.12. The van der Waals surface area contributed by atoms with E-state index in [0.29, 0.717) is 10.9 Å². The van der Waals surface area contributed by atoms with Gasteiger partial charge in [-0.15, -0.1) is 10.2 Å². The molecule has 0 N–H and O–H groups in total. The fraction of sp³-hybridized carbons (Fsp3) is 0.318. The van der Waals surface area contributed by atoms with E-state index >= 15 is 0 Å². The van der Waals surface area contributed by atoms with Crippen molar-refractivity contribution in [2.45, 2.75) is 31.8 Å². The number of rotatable bonds is 8. The van der Waals surface area contributed by atoms with Crippen LogP contribution in [-0.4, -0.2) is 33.4 Å². The first-order chi connectivity index (χ1) is 13.6. The fourth-order valence-corrected chi connectivity index (χ4v) is 3.92. The highest BCUT2D eigenvalue weighted by Crippen LogP contribution is 2.30. The molecule has 0 atom stereocenters. The molecule has 5 nitrogen and oxygen atoms in total. The van der Waals surface area contributed by atoms with Gasteiger partial charge in [-0.1, -0.05) is 49.9 Å². The molecule has 0 saturated carbocycles. The number of methoxy groups -OCH3 is 1. The average Bonchev–Trinajstić information content (AvgIpc) is 3.11. The van der Waals surface area contributed by atoms with Crippen LogP contribution in [0.25, 0.3) is 11.4 Å². The first-order valence-electron chi connectivity index (χ1n) is 9.39. The van der Waals surface area contributed by atoms with Crippen molar-refractivity contribution in [1.82, 2.24) is 14.8 Å². The van der Waals surface area contributed by atoms with Crippen LogP contribution < -0.4 is 4.74 Å². The number of thioether (sulfide) groups is 1. The number of hydrogen-bond acceptors (Lipinski definition) is 5. The summed E-state index contributed by atoms with van der Waals surface area (Å²) >= 11 is 1.41. The molecule has 2 aromatic carbocycles. The third-order valence-corrected chi connectivity index (χ3v) is 5.80. The molecule has 1 aromatic heterocycles. The lowest BCUT2D eigenvalue weighted by Gasteiger charge is -2.10. The van der Waals surface area contributed by atoms with E-state index in [1.807, 2.05) is 41.9 Å². The normalized spacial score (nSPS) is 10.9. The van der Waals surface area contributed by atoms with Gasteiger partial charge in [-0.05, 0) is 42.2 Å². The molecule has 0 spiro atoms. The van der Waals surface area contributed by atoms with Crippen molar-refractivity contribution < 1.29 is 9.53 Å². The molecule has 0 unspecified atom stereocenters. The summed E-state index contributed by atoms with van der Waals surface area (Å²) in [6.45, 7) is 4.18. The monoisotopic (exact) mass is 395 g/mol. The molecule has 0 aliphatic rings. The number of aromatic nitrogens is 3. The second-order valence-electron chi connectivity index (χ2n) is 6.48. The summed E-state index contributed by atoms with van der Waals surface area (Å²) in [6.07, 6.45) is 1.76. The molecule has 3 rings (SSSR count). The third-order valence-electron chi connectivity index (χ3n) is 4.78. The number of aryl methyl sites for hydroxylation is 2. The van der Waals surface area contributed by atoms with Crippen LogP contribution in [0.1, 0.15) is 35.3 Å². The lowest BCUT2D eigenvalue weighted by molar-refractivity contribution is 0.102. The maximum Gasteiger partial charge on any atom is 0.191 e. The van der Waals surface area contributed by atoms with Crippen molar-refractivity contribution in [3.63, 3.8) is 0 Å². The van der Waals surface area contributed by atoms with Gasteiger partial charge in [-0.25, -0.2) is 0 Å². The number of hydrogen-bond donors (Lipinski definition) is 0.